The van der Waals surface area contributed by atoms with Crippen LogP contribution in [0.5, 0.6) is 0 Å². The maximum Gasteiger partial charge on any atom is 0.217 e. The van der Waals surface area contributed by atoms with Gasteiger partial charge in [0.2, 0.25) is 10.0 Å². The molecule has 0 aliphatic carbocycles. The van der Waals surface area contributed by atoms with Gasteiger partial charge in [-0.2, -0.15) is 4.31 Å². The third-order valence-electron chi connectivity index (χ3n) is 3.40. The summed E-state index contributed by atoms with van der Waals surface area (Å²) in [7, 11) is -1.76. The van der Waals surface area contributed by atoms with Gasteiger partial charge in [-0.15, -0.1) is 11.3 Å². The summed E-state index contributed by atoms with van der Waals surface area (Å²) in [4.78, 5) is 4.28. The number of hydrogen-bond acceptors (Lipinski definition) is 5. The normalized spacial score (nSPS) is 23.4. The van der Waals surface area contributed by atoms with E-state index >= 15 is 0 Å². The highest BCUT2D eigenvalue weighted by atomic mass is 32.2. The predicted molar refractivity (Wildman–Crippen MR) is 75.7 cm³/mol. The zero-order valence-electron chi connectivity index (χ0n) is 11.3. The van der Waals surface area contributed by atoms with Gasteiger partial charge in [0.1, 0.15) is 5.01 Å². The van der Waals surface area contributed by atoms with Gasteiger partial charge in [-0.1, -0.05) is 6.42 Å². The largest absolute Gasteiger partial charge is 0.381 e. The highest BCUT2D eigenvalue weighted by Gasteiger charge is 2.35. The number of rotatable bonds is 5. The highest BCUT2D eigenvalue weighted by molar-refractivity contribution is 7.89. The molecule has 2 heterocycles. The van der Waals surface area contributed by atoms with Crippen LogP contribution in [0.3, 0.4) is 0 Å². The standard InChI is InChI=1S/C12H20N2O3S2/c1-10(17-2)9-19(15,16)14-7-4-3-5-11(14)12-13-6-8-18-12/h6,8,10-11H,3-5,7,9H2,1-2H3/t10-,11+/m0/s1. The van der Waals surface area contributed by atoms with Crippen molar-refractivity contribution >= 4 is 21.4 Å². The number of hydrogen-bond donors (Lipinski definition) is 0. The Morgan fingerprint density at radius 1 is 1.58 bits per heavy atom. The molecular formula is C12H20N2O3S2. The van der Waals surface area contributed by atoms with Crippen LogP contribution in [0.2, 0.25) is 0 Å². The summed E-state index contributed by atoms with van der Waals surface area (Å²) in [6.07, 6.45) is 4.27. The minimum atomic E-state index is -3.29. The van der Waals surface area contributed by atoms with Gasteiger partial charge in [-0.25, -0.2) is 13.4 Å². The minimum absolute atomic E-state index is 0.0331. The Hall–Kier alpha value is -0.500. The summed E-state index contributed by atoms with van der Waals surface area (Å²) < 4.78 is 31.7. The molecule has 0 aromatic carbocycles. The summed E-state index contributed by atoms with van der Waals surface area (Å²) in [5.41, 5.74) is 0. The van der Waals surface area contributed by atoms with Crippen molar-refractivity contribution in [2.24, 2.45) is 0 Å². The van der Waals surface area contributed by atoms with Gasteiger partial charge in [-0.05, 0) is 19.8 Å². The van der Waals surface area contributed by atoms with Crippen LogP contribution >= 0.6 is 11.3 Å². The van der Waals surface area contributed by atoms with E-state index < -0.39 is 10.0 Å². The van der Waals surface area contributed by atoms with Gasteiger partial charge in [0, 0.05) is 25.2 Å². The van der Waals surface area contributed by atoms with E-state index in [0.717, 1.165) is 24.3 Å². The van der Waals surface area contributed by atoms with Gasteiger partial charge in [-0.3, -0.25) is 0 Å². The van der Waals surface area contributed by atoms with E-state index in [1.165, 1.54) is 18.4 Å². The summed E-state index contributed by atoms with van der Waals surface area (Å²) >= 11 is 1.53. The molecule has 108 valence electrons. The van der Waals surface area contributed by atoms with Gasteiger partial charge in [0.05, 0.1) is 17.9 Å². The fraction of sp³-hybridized carbons (Fsp3) is 0.750. The van der Waals surface area contributed by atoms with E-state index in [1.54, 1.807) is 17.4 Å². The van der Waals surface area contributed by atoms with Crippen molar-refractivity contribution in [2.45, 2.75) is 38.3 Å². The Morgan fingerprint density at radius 2 is 2.37 bits per heavy atom. The number of methoxy groups -OCH3 is 1. The molecule has 0 radical (unpaired) electrons. The Kier molecular flexibility index (Phi) is 4.94. The first kappa shape index (κ1) is 14.9. The third kappa shape index (κ3) is 3.53. The molecule has 5 nitrogen and oxygen atoms in total. The lowest BCUT2D eigenvalue weighted by Crippen LogP contribution is -2.41. The van der Waals surface area contributed by atoms with E-state index in [0.29, 0.717) is 6.54 Å². The summed E-state index contributed by atoms with van der Waals surface area (Å²) in [6, 6.07) is -0.0946. The molecule has 0 bridgehead atoms. The molecular weight excluding hydrogens is 284 g/mol. The molecule has 1 fully saturated rings. The molecule has 2 rings (SSSR count). The van der Waals surface area contributed by atoms with Crippen LogP contribution in [0.15, 0.2) is 11.6 Å². The zero-order chi connectivity index (χ0) is 13.9. The third-order valence-corrected chi connectivity index (χ3v) is 6.31. The van der Waals surface area contributed by atoms with Crippen molar-refractivity contribution in [3.8, 4) is 0 Å². The number of nitrogens with zero attached hydrogens (tertiary/aromatic N) is 2. The molecule has 1 aliphatic rings. The SMILES string of the molecule is CO[C@@H](C)CS(=O)(=O)N1CCCC[C@@H]1c1nccs1. The fourth-order valence-electron chi connectivity index (χ4n) is 2.34. The van der Waals surface area contributed by atoms with Crippen molar-refractivity contribution in [3.05, 3.63) is 16.6 Å². The Bertz CT molecular complexity index is 487. The van der Waals surface area contributed by atoms with Gasteiger partial charge in [0.15, 0.2) is 0 Å². The molecule has 2 atom stereocenters. The van der Waals surface area contributed by atoms with E-state index in [2.05, 4.69) is 4.98 Å². The average Bonchev–Trinajstić information content (AvgIpc) is 2.92. The fourth-order valence-corrected chi connectivity index (χ4v) is 5.12. The van der Waals surface area contributed by atoms with Gasteiger partial charge in [0.25, 0.3) is 0 Å². The number of thiazole rings is 1. The first-order valence-electron chi connectivity index (χ1n) is 6.46. The van der Waals surface area contributed by atoms with Crippen LogP contribution in [-0.2, 0) is 14.8 Å². The number of ether oxygens (including phenoxy) is 1. The molecule has 7 heteroatoms. The molecule has 0 amide bonds. The molecule has 0 N–H and O–H groups in total. The molecule has 1 aromatic heterocycles. The molecule has 1 saturated heterocycles. The van der Waals surface area contributed by atoms with E-state index in [1.807, 2.05) is 5.38 Å². The second-order valence-electron chi connectivity index (χ2n) is 4.82. The lowest BCUT2D eigenvalue weighted by molar-refractivity contribution is 0.133. The van der Waals surface area contributed by atoms with Crippen LogP contribution in [0.4, 0.5) is 0 Å². The molecule has 0 saturated carbocycles. The molecule has 0 unspecified atom stereocenters. The molecule has 19 heavy (non-hydrogen) atoms. The Morgan fingerprint density at radius 3 is 3.00 bits per heavy atom. The maximum absolute atomic E-state index is 12.5. The van der Waals surface area contributed by atoms with Crippen molar-refractivity contribution in [2.75, 3.05) is 19.4 Å². The number of sulfonamides is 1. The topological polar surface area (TPSA) is 59.5 Å². The van der Waals surface area contributed by atoms with Crippen molar-refractivity contribution in [3.63, 3.8) is 0 Å². The van der Waals surface area contributed by atoms with E-state index in [-0.39, 0.29) is 17.9 Å². The smallest absolute Gasteiger partial charge is 0.217 e. The van der Waals surface area contributed by atoms with Crippen molar-refractivity contribution < 1.29 is 13.2 Å². The number of piperidine rings is 1. The molecule has 0 spiro atoms. The van der Waals surface area contributed by atoms with Crippen LogP contribution in [0.1, 0.15) is 37.2 Å². The molecule has 1 aromatic rings. The van der Waals surface area contributed by atoms with E-state index in [9.17, 15) is 8.42 Å². The summed E-state index contributed by atoms with van der Waals surface area (Å²) in [5, 5.41) is 2.79. The van der Waals surface area contributed by atoms with Crippen LogP contribution < -0.4 is 0 Å². The Labute approximate surface area is 118 Å². The first-order chi connectivity index (χ1) is 9.04. The second-order valence-corrected chi connectivity index (χ2v) is 7.71. The van der Waals surface area contributed by atoms with Gasteiger partial charge < -0.3 is 4.74 Å². The van der Waals surface area contributed by atoms with Crippen LogP contribution in [0.25, 0.3) is 0 Å². The Balaban J connectivity index is 2.20. The van der Waals surface area contributed by atoms with Crippen molar-refractivity contribution in [1.82, 2.24) is 9.29 Å². The maximum atomic E-state index is 12.5. The summed E-state index contributed by atoms with van der Waals surface area (Å²) in [5.74, 6) is 0.0331. The van der Waals surface area contributed by atoms with Crippen LogP contribution in [0, 0.1) is 0 Å². The monoisotopic (exact) mass is 304 g/mol. The van der Waals surface area contributed by atoms with Crippen LogP contribution in [-0.4, -0.2) is 43.2 Å². The van der Waals surface area contributed by atoms with Crippen molar-refractivity contribution in [1.29, 1.82) is 0 Å². The lowest BCUT2D eigenvalue weighted by Gasteiger charge is -2.34. The first-order valence-corrected chi connectivity index (χ1v) is 8.95. The van der Waals surface area contributed by atoms with Gasteiger partial charge >= 0.3 is 0 Å². The average molecular weight is 304 g/mol. The predicted octanol–water partition coefficient (Wildman–Crippen LogP) is 2.03. The van der Waals surface area contributed by atoms with E-state index in [4.69, 9.17) is 4.74 Å². The number of aromatic nitrogens is 1. The molecule has 1 aliphatic heterocycles. The lowest BCUT2D eigenvalue weighted by atomic mass is 10.1. The zero-order valence-corrected chi connectivity index (χ0v) is 12.9. The summed E-state index contributed by atoms with van der Waals surface area (Å²) in [6.45, 7) is 2.36. The second kappa shape index (κ2) is 6.30. The minimum Gasteiger partial charge on any atom is -0.381 e. The highest BCUT2D eigenvalue weighted by Crippen LogP contribution is 2.34. The quantitative estimate of drug-likeness (QED) is 0.835.